The average Bonchev–Trinajstić information content (AvgIpc) is 2.51. The fourth-order valence-corrected chi connectivity index (χ4v) is 12.5. The van der Waals surface area contributed by atoms with E-state index in [0.717, 1.165) is 29.6 Å². The van der Waals surface area contributed by atoms with Crippen LogP contribution in [0.5, 0.6) is 0 Å². The fraction of sp³-hybridized carbons (Fsp3) is 1.00. The quantitative estimate of drug-likeness (QED) is 0.406. The van der Waals surface area contributed by atoms with Crippen LogP contribution in [0.15, 0.2) is 0 Å². The summed E-state index contributed by atoms with van der Waals surface area (Å²) in [4.78, 5) is 0. The predicted octanol–water partition coefficient (Wildman–Crippen LogP) is 8.48. The van der Waals surface area contributed by atoms with E-state index < -0.39 is 0 Å². The third-order valence-corrected chi connectivity index (χ3v) is 12.7. The zero-order valence-corrected chi connectivity index (χ0v) is 19.7. The molecule has 0 saturated heterocycles. The normalized spacial score (nSPS) is 44.9. The Morgan fingerprint density at radius 1 is 0.962 bits per heavy atom. The molecule has 2 bridgehead atoms. The van der Waals surface area contributed by atoms with Gasteiger partial charge in [-0.25, -0.2) is 0 Å². The Labute approximate surface area is 166 Å². The van der Waals surface area contributed by atoms with Gasteiger partial charge in [-0.2, -0.15) is 0 Å². The van der Waals surface area contributed by atoms with Crippen LogP contribution >= 0.6 is 7.92 Å². The molecule has 3 aliphatic carbocycles. The molecule has 3 rings (SSSR count). The highest BCUT2D eigenvalue weighted by Gasteiger charge is 2.51. The molecule has 26 heavy (non-hydrogen) atoms. The molecule has 0 aromatic carbocycles. The third kappa shape index (κ3) is 4.70. The molecule has 0 radical (unpaired) electrons. The van der Waals surface area contributed by atoms with Gasteiger partial charge in [0.1, 0.15) is 0 Å². The maximum absolute atomic E-state index is 2.77. The van der Waals surface area contributed by atoms with Gasteiger partial charge in [-0.15, -0.1) is 0 Å². The van der Waals surface area contributed by atoms with Crippen LogP contribution in [0.3, 0.4) is 0 Å². The molecule has 0 aromatic rings. The van der Waals surface area contributed by atoms with Gasteiger partial charge in [0.25, 0.3) is 0 Å². The Morgan fingerprint density at radius 3 is 2.19 bits per heavy atom. The van der Waals surface area contributed by atoms with E-state index in [1.54, 1.807) is 25.7 Å². The smallest absolute Gasteiger partial charge is 0.0112 e. The first-order chi connectivity index (χ1) is 12.2. The van der Waals surface area contributed by atoms with Crippen molar-refractivity contribution in [1.29, 1.82) is 0 Å². The van der Waals surface area contributed by atoms with Crippen LogP contribution in [0.2, 0.25) is 0 Å². The first-order valence-electron chi connectivity index (χ1n) is 12.0. The van der Waals surface area contributed by atoms with Gasteiger partial charge in [0.05, 0.1) is 0 Å². The largest absolute Gasteiger partial charge is 0.0942 e. The molecule has 3 aliphatic rings. The molecule has 0 aromatic heterocycles. The average molecular weight is 379 g/mol. The van der Waals surface area contributed by atoms with Gasteiger partial charge >= 0.3 is 0 Å². The van der Waals surface area contributed by atoms with Crippen LogP contribution < -0.4 is 0 Å². The molecule has 0 heterocycles. The highest BCUT2D eigenvalue weighted by Crippen LogP contribution is 2.70. The lowest BCUT2D eigenvalue weighted by atomic mass is 9.65. The van der Waals surface area contributed by atoms with E-state index in [1.807, 2.05) is 0 Å². The van der Waals surface area contributed by atoms with E-state index >= 15 is 0 Å². The molecule has 0 aliphatic heterocycles. The monoisotopic (exact) mass is 378 g/mol. The van der Waals surface area contributed by atoms with E-state index in [9.17, 15) is 0 Å². The molecular formula is C25H47P. The van der Waals surface area contributed by atoms with Gasteiger partial charge in [-0.1, -0.05) is 75.1 Å². The maximum atomic E-state index is 2.77. The summed E-state index contributed by atoms with van der Waals surface area (Å²) in [7, 11) is 0.123. The molecule has 5 unspecified atom stereocenters. The molecule has 1 heteroatoms. The number of hydrogen-bond donors (Lipinski definition) is 0. The molecular weight excluding hydrogens is 331 g/mol. The minimum Gasteiger partial charge on any atom is -0.0942 e. The fourth-order valence-electron chi connectivity index (χ4n) is 7.73. The first-order valence-corrected chi connectivity index (χ1v) is 13.5. The summed E-state index contributed by atoms with van der Waals surface area (Å²) in [6, 6.07) is 0. The second kappa shape index (κ2) is 8.43. The minimum absolute atomic E-state index is 0.123. The molecule has 3 saturated carbocycles. The molecule has 3 fully saturated rings. The van der Waals surface area contributed by atoms with Crippen molar-refractivity contribution in [2.75, 3.05) is 6.16 Å². The van der Waals surface area contributed by atoms with Crippen LogP contribution in [0.25, 0.3) is 0 Å². The van der Waals surface area contributed by atoms with Gasteiger partial charge in [-0.3, -0.25) is 0 Å². The number of fused-ring (bicyclic) bond motifs is 2. The van der Waals surface area contributed by atoms with Gasteiger partial charge in [0.15, 0.2) is 0 Å². The van der Waals surface area contributed by atoms with E-state index in [-0.39, 0.29) is 7.92 Å². The summed E-state index contributed by atoms with van der Waals surface area (Å²) < 4.78 is 0. The van der Waals surface area contributed by atoms with Gasteiger partial charge in [-0.05, 0) is 91.0 Å². The van der Waals surface area contributed by atoms with E-state index in [4.69, 9.17) is 0 Å². The van der Waals surface area contributed by atoms with E-state index in [1.165, 1.54) is 51.1 Å². The SMILES string of the molecule is CCCC1CCCC(C)(P(CC(C)C)C2(C)CC3CC(C)CC(C3)C2)C1. The Bertz CT molecular complexity index is 435. The van der Waals surface area contributed by atoms with Crippen molar-refractivity contribution in [2.45, 2.75) is 122 Å². The molecule has 0 N–H and O–H groups in total. The van der Waals surface area contributed by atoms with Crippen molar-refractivity contribution in [3.05, 3.63) is 0 Å². The third-order valence-electron chi connectivity index (χ3n) is 8.20. The predicted molar refractivity (Wildman–Crippen MR) is 120 cm³/mol. The lowest BCUT2D eigenvalue weighted by molar-refractivity contribution is 0.120. The Hall–Kier alpha value is 0.430. The van der Waals surface area contributed by atoms with Crippen molar-refractivity contribution in [2.24, 2.45) is 29.6 Å². The standard InChI is InChI=1S/C25H47P/c1-7-9-21-10-8-11-24(5,15-21)26(18-19(2)3)25(6)16-22-12-20(4)13-23(14-22)17-25/h19-23H,7-18H2,1-6H3. The molecule has 152 valence electrons. The van der Waals surface area contributed by atoms with Gasteiger partial charge in [0, 0.05) is 0 Å². The summed E-state index contributed by atoms with van der Waals surface area (Å²) in [6.45, 7) is 15.4. The van der Waals surface area contributed by atoms with Crippen molar-refractivity contribution < 1.29 is 0 Å². The van der Waals surface area contributed by atoms with Crippen molar-refractivity contribution in [3.8, 4) is 0 Å². The lowest BCUT2D eigenvalue weighted by Crippen LogP contribution is -2.45. The van der Waals surface area contributed by atoms with Gasteiger partial charge in [0.2, 0.25) is 0 Å². The molecule has 0 spiro atoms. The zero-order chi connectivity index (χ0) is 18.9. The minimum atomic E-state index is 0.123. The maximum Gasteiger partial charge on any atom is -0.0112 e. The first kappa shape index (κ1) is 21.1. The Kier molecular flexibility index (Phi) is 6.86. The van der Waals surface area contributed by atoms with Crippen LogP contribution in [0.4, 0.5) is 0 Å². The molecule has 0 nitrogen and oxygen atoms in total. The summed E-state index contributed by atoms with van der Waals surface area (Å²) in [5, 5.41) is 1.35. The van der Waals surface area contributed by atoms with Gasteiger partial charge < -0.3 is 0 Å². The number of hydrogen-bond acceptors (Lipinski definition) is 0. The Balaban J connectivity index is 1.83. The molecule has 0 amide bonds. The second-order valence-electron chi connectivity index (χ2n) is 11.7. The topological polar surface area (TPSA) is 0 Å². The summed E-state index contributed by atoms with van der Waals surface area (Å²) in [5.41, 5.74) is 0. The lowest BCUT2D eigenvalue weighted by Gasteiger charge is -2.57. The second-order valence-corrected chi connectivity index (χ2v) is 15.1. The summed E-state index contributed by atoms with van der Waals surface area (Å²) in [5.74, 6) is 5.01. The van der Waals surface area contributed by atoms with E-state index in [2.05, 4.69) is 41.5 Å². The van der Waals surface area contributed by atoms with Crippen LogP contribution in [0, 0.1) is 29.6 Å². The van der Waals surface area contributed by atoms with Crippen LogP contribution in [-0.2, 0) is 0 Å². The molecule has 5 atom stereocenters. The van der Waals surface area contributed by atoms with E-state index in [0.29, 0.717) is 10.3 Å². The zero-order valence-electron chi connectivity index (χ0n) is 18.8. The van der Waals surface area contributed by atoms with Crippen molar-refractivity contribution >= 4 is 7.92 Å². The van der Waals surface area contributed by atoms with Crippen LogP contribution in [-0.4, -0.2) is 16.5 Å². The number of rotatable bonds is 6. The highest BCUT2D eigenvalue weighted by molar-refractivity contribution is 7.61. The highest BCUT2D eigenvalue weighted by atomic mass is 31.1. The summed E-state index contributed by atoms with van der Waals surface area (Å²) in [6.07, 6.45) is 18.3. The Morgan fingerprint density at radius 2 is 1.62 bits per heavy atom. The van der Waals surface area contributed by atoms with Crippen molar-refractivity contribution in [3.63, 3.8) is 0 Å². The summed E-state index contributed by atoms with van der Waals surface area (Å²) >= 11 is 0. The van der Waals surface area contributed by atoms with Crippen molar-refractivity contribution in [1.82, 2.24) is 0 Å². The van der Waals surface area contributed by atoms with Crippen LogP contribution in [0.1, 0.15) is 112 Å².